The first-order valence-corrected chi connectivity index (χ1v) is 2.22. The zero-order chi connectivity index (χ0) is 6.73. The molecule has 4 N–H and O–H groups in total. The SMILES string of the molecule is C[C@H](O)[C@H]([15NH2])C(=O)O. The van der Waals surface area contributed by atoms with Gasteiger partial charge in [0.2, 0.25) is 0 Å². The maximum Gasteiger partial charge on any atom is 0.323 e. The third-order valence-corrected chi connectivity index (χ3v) is 0.805. The first-order chi connectivity index (χ1) is 3.55. The van der Waals surface area contributed by atoms with Crippen LogP contribution in [0.25, 0.3) is 0 Å². The van der Waals surface area contributed by atoms with E-state index in [0.717, 1.165) is 0 Å². The van der Waals surface area contributed by atoms with Crippen LogP contribution in [0.2, 0.25) is 0 Å². The average Bonchev–Trinajstić information content (AvgIpc) is 1.64. The van der Waals surface area contributed by atoms with Gasteiger partial charge < -0.3 is 15.9 Å². The minimum Gasteiger partial charge on any atom is -0.480 e. The number of carboxylic acid groups (broad SMARTS) is 1. The van der Waals surface area contributed by atoms with Crippen molar-refractivity contribution in [3.8, 4) is 0 Å². The summed E-state index contributed by atoms with van der Waals surface area (Å²) in [6, 6.07) is -1.16. The van der Waals surface area contributed by atoms with Crippen molar-refractivity contribution in [2.75, 3.05) is 0 Å². The molecule has 48 valence electrons. The molecule has 0 radical (unpaired) electrons. The molecule has 0 aliphatic heterocycles. The Labute approximate surface area is 46.9 Å². The van der Waals surface area contributed by atoms with Crippen LogP contribution in [0.4, 0.5) is 0 Å². The molecule has 0 aliphatic carbocycles. The molecule has 0 aliphatic rings. The molecule has 4 heteroatoms. The van der Waals surface area contributed by atoms with E-state index < -0.39 is 18.1 Å². The molecule has 0 amide bonds. The van der Waals surface area contributed by atoms with Crippen molar-refractivity contribution >= 4 is 5.97 Å². The van der Waals surface area contributed by atoms with Crippen molar-refractivity contribution in [3.63, 3.8) is 0 Å². The maximum atomic E-state index is 9.86. The summed E-state index contributed by atoms with van der Waals surface area (Å²) in [5.74, 6) is -1.18. The summed E-state index contributed by atoms with van der Waals surface area (Å²) in [6.07, 6.45) is -0.979. The van der Waals surface area contributed by atoms with Crippen molar-refractivity contribution in [2.45, 2.75) is 19.1 Å². The number of hydrogen-bond acceptors (Lipinski definition) is 3. The zero-order valence-electron chi connectivity index (χ0n) is 4.53. The lowest BCUT2D eigenvalue weighted by Crippen LogP contribution is -2.39. The summed E-state index contributed by atoms with van der Waals surface area (Å²) >= 11 is 0. The van der Waals surface area contributed by atoms with Crippen LogP contribution >= 0.6 is 0 Å². The fourth-order valence-electron chi connectivity index (χ4n) is 0.206. The lowest BCUT2D eigenvalue weighted by atomic mass is 10.2. The maximum absolute atomic E-state index is 9.86. The lowest BCUT2D eigenvalue weighted by Gasteiger charge is -2.06. The Morgan fingerprint density at radius 1 is 1.75 bits per heavy atom. The molecular formula is C4H9NO3. The molecule has 0 aromatic rings. The highest BCUT2D eigenvalue weighted by atomic mass is 16.4. The Bertz CT molecular complexity index is 91.3. The van der Waals surface area contributed by atoms with Gasteiger partial charge in [-0.1, -0.05) is 0 Å². The normalized spacial score (nSPS) is 17.4. The number of rotatable bonds is 2. The predicted molar refractivity (Wildman–Crippen MR) is 27.3 cm³/mol. The van der Waals surface area contributed by atoms with Crippen LogP contribution in [-0.4, -0.2) is 28.3 Å². The van der Waals surface area contributed by atoms with E-state index in [-0.39, 0.29) is 0 Å². The molecule has 8 heavy (non-hydrogen) atoms. The van der Waals surface area contributed by atoms with Crippen LogP contribution in [0.5, 0.6) is 0 Å². The predicted octanol–water partition coefficient (Wildman–Crippen LogP) is -1.22. The highest BCUT2D eigenvalue weighted by Gasteiger charge is 2.16. The van der Waals surface area contributed by atoms with E-state index in [1.165, 1.54) is 6.92 Å². The van der Waals surface area contributed by atoms with Crippen LogP contribution in [0.15, 0.2) is 0 Å². The summed E-state index contributed by atoms with van der Waals surface area (Å²) in [6.45, 7) is 1.33. The topological polar surface area (TPSA) is 83.5 Å². The monoisotopic (exact) mass is 120 g/mol. The standard InChI is InChI=1S/C4H9NO3/c1-2(6)3(5)4(7)8/h2-3,6H,5H2,1H3,(H,7,8)/t2-,3-/m0/s1/i5+1. The van der Waals surface area contributed by atoms with E-state index in [1.807, 2.05) is 0 Å². The largest absolute Gasteiger partial charge is 0.480 e. The number of aliphatic hydroxyl groups is 1. The molecule has 0 fully saturated rings. The molecule has 0 heterocycles. The lowest BCUT2D eigenvalue weighted by molar-refractivity contribution is -0.140. The molecule has 0 saturated heterocycles. The zero-order valence-corrected chi connectivity index (χ0v) is 4.53. The van der Waals surface area contributed by atoms with Crippen molar-refractivity contribution in [3.05, 3.63) is 0 Å². The van der Waals surface area contributed by atoms with Crippen LogP contribution in [0.3, 0.4) is 0 Å². The van der Waals surface area contributed by atoms with Crippen molar-refractivity contribution < 1.29 is 15.0 Å². The molecule has 0 aromatic heterocycles. The Morgan fingerprint density at radius 2 is 2.12 bits per heavy atom. The Balaban J connectivity index is 3.64. The second kappa shape index (κ2) is 2.64. The van der Waals surface area contributed by atoms with Gasteiger partial charge in [0.1, 0.15) is 6.04 Å². The smallest absolute Gasteiger partial charge is 0.323 e. The van der Waals surface area contributed by atoms with Crippen molar-refractivity contribution in [2.24, 2.45) is 5.73 Å². The highest BCUT2D eigenvalue weighted by Crippen LogP contribution is 1.85. The molecule has 0 saturated carbocycles. The van der Waals surface area contributed by atoms with Gasteiger partial charge in [-0.25, -0.2) is 0 Å². The van der Waals surface area contributed by atoms with Crippen LogP contribution in [0.1, 0.15) is 6.92 Å². The second-order valence-electron chi connectivity index (χ2n) is 1.60. The Kier molecular flexibility index (Phi) is 2.44. The quantitative estimate of drug-likeness (QED) is 0.399. The third-order valence-electron chi connectivity index (χ3n) is 0.805. The van der Waals surface area contributed by atoms with E-state index in [2.05, 4.69) is 0 Å². The number of nitrogens with two attached hydrogens (primary N) is 1. The van der Waals surface area contributed by atoms with E-state index in [1.54, 1.807) is 0 Å². The molecule has 0 aromatic carbocycles. The molecule has 2 atom stereocenters. The summed E-state index contributed by atoms with van der Waals surface area (Å²) in [4.78, 5) is 9.86. The summed E-state index contributed by atoms with van der Waals surface area (Å²) in [7, 11) is 0. The number of aliphatic hydroxyl groups excluding tert-OH is 1. The minimum absolute atomic E-state index is 0.979. The van der Waals surface area contributed by atoms with Crippen molar-refractivity contribution in [1.29, 1.82) is 0 Å². The number of carbonyl (C=O) groups is 1. The number of aliphatic carboxylic acids is 1. The van der Waals surface area contributed by atoms with E-state index in [9.17, 15) is 4.79 Å². The minimum atomic E-state index is -1.18. The highest BCUT2D eigenvalue weighted by molar-refractivity contribution is 5.73. The van der Waals surface area contributed by atoms with Crippen LogP contribution in [-0.2, 0) is 4.79 Å². The van der Waals surface area contributed by atoms with Gasteiger partial charge in [-0.3, -0.25) is 4.79 Å². The number of carboxylic acids is 1. The van der Waals surface area contributed by atoms with Gasteiger partial charge in [-0.05, 0) is 6.92 Å². The Morgan fingerprint density at radius 3 is 2.12 bits per heavy atom. The fourth-order valence-corrected chi connectivity index (χ4v) is 0.206. The van der Waals surface area contributed by atoms with Gasteiger partial charge in [0, 0.05) is 0 Å². The molecule has 0 unspecified atom stereocenters. The van der Waals surface area contributed by atoms with Gasteiger partial charge in [0.05, 0.1) is 6.10 Å². The average molecular weight is 120 g/mol. The van der Waals surface area contributed by atoms with E-state index in [0.29, 0.717) is 0 Å². The molecule has 0 bridgehead atoms. The Hall–Kier alpha value is -0.610. The molecule has 0 rings (SSSR count). The van der Waals surface area contributed by atoms with Gasteiger partial charge in [0.25, 0.3) is 0 Å². The summed E-state index contributed by atoms with van der Waals surface area (Å²) in [5.41, 5.74) is 4.91. The summed E-state index contributed by atoms with van der Waals surface area (Å²) in [5, 5.41) is 16.6. The van der Waals surface area contributed by atoms with E-state index in [4.69, 9.17) is 15.9 Å². The molecular weight excluding hydrogens is 111 g/mol. The van der Waals surface area contributed by atoms with Gasteiger partial charge in [-0.2, -0.15) is 0 Å². The molecule has 0 spiro atoms. The van der Waals surface area contributed by atoms with Gasteiger partial charge >= 0.3 is 5.97 Å². The van der Waals surface area contributed by atoms with Gasteiger partial charge in [0.15, 0.2) is 0 Å². The fraction of sp³-hybridized carbons (Fsp3) is 0.750. The first-order valence-electron chi connectivity index (χ1n) is 2.22. The van der Waals surface area contributed by atoms with Crippen LogP contribution in [0, 0.1) is 0 Å². The van der Waals surface area contributed by atoms with Gasteiger partial charge in [-0.15, -0.1) is 0 Å². The van der Waals surface area contributed by atoms with Crippen molar-refractivity contribution in [1.82, 2.24) is 0 Å². The third kappa shape index (κ3) is 1.90. The number of hydrogen-bond donors (Lipinski definition) is 3. The van der Waals surface area contributed by atoms with E-state index >= 15 is 0 Å². The molecule has 4 nitrogen and oxygen atoms in total. The first kappa shape index (κ1) is 7.39. The summed E-state index contributed by atoms with van der Waals surface area (Å²) < 4.78 is 0. The second-order valence-corrected chi connectivity index (χ2v) is 1.60. The van der Waals surface area contributed by atoms with Crippen LogP contribution < -0.4 is 5.73 Å².